The molecule has 5 rings (SSSR count). The molecule has 148 valence electrons. The van der Waals surface area contributed by atoms with Gasteiger partial charge in [0.15, 0.2) is 17.5 Å². The van der Waals surface area contributed by atoms with Gasteiger partial charge in [-0.2, -0.15) is 10.2 Å². The summed E-state index contributed by atoms with van der Waals surface area (Å²) in [4.78, 5) is 14.7. The highest BCUT2D eigenvalue weighted by atomic mass is 19.1. The number of ether oxygens (including phenoxy) is 1. The molecule has 0 saturated carbocycles. The van der Waals surface area contributed by atoms with Gasteiger partial charge < -0.3 is 15.0 Å². The second kappa shape index (κ2) is 6.98. The Bertz CT molecular complexity index is 1190. The van der Waals surface area contributed by atoms with Crippen LogP contribution in [0.25, 0.3) is 28.4 Å². The van der Waals surface area contributed by atoms with Gasteiger partial charge in [-0.1, -0.05) is 0 Å². The Morgan fingerprint density at radius 3 is 2.90 bits per heavy atom. The molecule has 1 saturated heterocycles. The van der Waals surface area contributed by atoms with E-state index in [1.165, 1.54) is 10.9 Å². The van der Waals surface area contributed by atoms with Gasteiger partial charge in [-0.15, -0.1) is 4.80 Å². The van der Waals surface area contributed by atoms with Gasteiger partial charge in [0.2, 0.25) is 0 Å². The molecule has 10 heteroatoms. The maximum absolute atomic E-state index is 14.6. The van der Waals surface area contributed by atoms with E-state index in [1.807, 2.05) is 17.6 Å². The van der Waals surface area contributed by atoms with Crippen LogP contribution in [0, 0.1) is 12.7 Å². The zero-order valence-electron chi connectivity index (χ0n) is 15.7. The maximum Gasteiger partial charge on any atom is 0.176 e. The molecule has 1 fully saturated rings. The van der Waals surface area contributed by atoms with Gasteiger partial charge in [0, 0.05) is 18.3 Å². The van der Waals surface area contributed by atoms with Crippen molar-refractivity contribution >= 4 is 11.0 Å². The van der Waals surface area contributed by atoms with E-state index in [2.05, 4.69) is 25.1 Å². The van der Waals surface area contributed by atoms with Crippen LogP contribution in [-0.4, -0.2) is 53.8 Å². The van der Waals surface area contributed by atoms with E-state index in [4.69, 9.17) is 10.5 Å². The van der Waals surface area contributed by atoms with E-state index < -0.39 is 5.82 Å². The van der Waals surface area contributed by atoms with Crippen LogP contribution >= 0.6 is 0 Å². The summed E-state index contributed by atoms with van der Waals surface area (Å²) in [5.41, 5.74) is 8.48. The summed E-state index contributed by atoms with van der Waals surface area (Å²) in [5, 5.41) is 8.54. The smallest absolute Gasteiger partial charge is 0.176 e. The van der Waals surface area contributed by atoms with Crippen molar-refractivity contribution in [3.8, 4) is 17.3 Å². The van der Waals surface area contributed by atoms with Crippen molar-refractivity contribution in [2.45, 2.75) is 25.4 Å². The number of nitrogens with two attached hydrogens (primary N) is 1. The molecule has 0 aliphatic carbocycles. The van der Waals surface area contributed by atoms with Gasteiger partial charge in [-0.25, -0.2) is 19.3 Å². The van der Waals surface area contributed by atoms with Crippen molar-refractivity contribution in [3.05, 3.63) is 48.3 Å². The molecule has 0 aromatic carbocycles. The van der Waals surface area contributed by atoms with Gasteiger partial charge in [-0.05, 0) is 25.5 Å². The Balaban J connectivity index is 1.73. The molecule has 2 N–H and O–H groups in total. The van der Waals surface area contributed by atoms with E-state index in [-0.39, 0.29) is 17.8 Å². The summed E-state index contributed by atoms with van der Waals surface area (Å²) in [6.45, 7) is 2.81. The third kappa shape index (κ3) is 3.15. The molecule has 1 aliphatic heterocycles. The number of hydrogen-bond donors (Lipinski definition) is 1. The third-order valence-electron chi connectivity index (χ3n) is 4.93. The molecule has 0 amide bonds. The van der Waals surface area contributed by atoms with E-state index >= 15 is 0 Å². The lowest BCUT2D eigenvalue weighted by molar-refractivity contribution is 0.0472. The van der Waals surface area contributed by atoms with Crippen LogP contribution in [0.2, 0.25) is 0 Å². The fourth-order valence-electron chi connectivity index (χ4n) is 3.65. The molecular weight excluding hydrogens is 375 g/mol. The molecule has 4 aromatic rings. The predicted octanol–water partition coefficient (Wildman–Crippen LogP) is 1.81. The van der Waals surface area contributed by atoms with Crippen LogP contribution in [0.4, 0.5) is 4.39 Å². The minimum absolute atomic E-state index is 0.107. The number of rotatable bonds is 3. The molecule has 0 spiro atoms. The highest BCUT2D eigenvalue weighted by Crippen LogP contribution is 2.32. The number of halogens is 1. The summed E-state index contributed by atoms with van der Waals surface area (Å²) in [7, 11) is 0. The molecule has 2 atom stereocenters. The third-order valence-corrected chi connectivity index (χ3v) is 4.93. The van der Waals surface area contributed by atoms with Gasteiger partial charge in [-0.3, -0.25) is 0 Å². The standard InChI is InChI=1S/C19H19FN8O/c1-11-7-24-28(26-11)17-6-16-15(8-23-17)25-19(18-14(20)3-2-4-22-18)27(16)13-5-12(21)9-29-10-13/h2-4,6-8,12-13H,5,9-10,21H2,1H3. The van der Waals surface area contributed by atoms with E-state index in [0.717, 1.165) is 11.2 Å². The largest absolute Gasteiger partial charge is 0.378 e. The molecule has 29 heavy (non-hydrogen) atoms. The van der Waals surface area contributed by atoms with Crippen molar-refractivity contribution in [3.63, 3.8) is 0 Å². The van der Waals surface area contributed by atoms with Gasteiger partial charge in [0.25, 0.3) is 0 Å². The summed E-state index contributed by atoms with van der Waals surface area (Å²) in [5.74, 6) is 0.521. The average Bonchev–Trinajstić information content (AvgIpc) is 3.31. The fourth-order valence-corrected chi connectivity index (χ4v) is 3.65. The Morgan fingerprint density at radius 1 is 1.24 bits per heavy atom. The van der Waals surface area contributed by atoms with Crippen molar-refractivity contribution in [2.75, 3.05) is 13.2 Å². The van der Waals surface area contributed by atoms with Crippen LogP contribution in [0.5, 0.6) is 0 Å². The Morgan fingerprint density at radius 2 is 2.14 bits per heavy atom. The number of pyridine rings is 2. The maximum atomic E-state index is 14.6. The minimum Gasteiger partial charge on any atom is -0.378 e. The summed E-state index contributed by atoms with van der Waals surface area (Å²) < 4.78 is 22.2. The van der Waals surface area contributed by atoms with Crippen LogP contribution in [-0.2, 0) is 4.74 Å². The number of hydrogen-bond acceptors (Lipinski definition) is 7. The minimum atomic E-state index is -0.442. The molecule has 9 nitrogen and oxygen atoms in total. The SMILES string of the molecule is Cc1cnn(-c2cc3c(cn2)nc(-c2ncccc2F)n3C2COCC(N)C2)n1. The highest BCUT2D eigenvalue weighted by molar-refractivity contribution is 5.81. The van der Waals surface area contributed by atoms with Crippen LogP contribution in [0.3, 0.4) is 0 Å². The lowest BCUT2D eigenvalue weighted by Gasteiger charge is -2.29. The van der Waals surface area contributed by atoms with Crippen LogP contribution in [0.15, 0.2) is 36.8 Å². The first-order valence-corrected chi connectivity index (χ1v) is 9.31. The Kier molecular flexibility index (Phi) is 4.29. The van der Waals surface area contributed by atoms with E-state index in [9.17, 15) is 4.39 Å². The molecular formula is C19H19FN8O. The monoisotopic (exact) mass is 394 g/mol. The summed E-state index contributed by atoms with van der Waals surface area (Å²) >= 11 is 0. The van der Waals surface area contributed by atoms with Crippen molar-refractivity contribution < 1.29 is 9.13 Å². The van der Waals surface area contributed by atoms with Crippen LogP contribution in [0.1, 0.15) is 18.2 Å². The number of fused-ring (bicyclic) bond motifs is 1. The number of aromatic nitrogens is 7. The van der Waals surface area contributed by atoms with E-state index in [1.54, 1.807) is 24.7 Å². The quantitative estimate of drug-likeness (QED) is 0.564. The predicted molar refractivity (Wildman–Crippen MR) is 103 cm³/mol. The molecule has 0 radical (unpaired) electrons. The number of nitrogens with zero attached hydrogens (tertiary/aromatic N) is 7. The summed E-state index contributed by atoms with van der Waals surface area (Å²) in [6, 6.07) is 4.55. The second-order valence-corrected chi connectivity index (χ2v) is 7.13. The van der Waals surface area contributed by atoms with E-state index in [0.29, 0.717) is 36.8 Å². The lowest BCUT2D eigenvalue weighted by Crippen LogP contribution is -2.37. The van der Waals surface area contributed by atoms with Gasteiger partial charge in [0.1, 0.15) is 11.2 Å². The Labute approximate surface area is 165 Å². The first-order chi connectivity index (χ1) is 14.1. The molecule has 5 heterocycles. The fraction of sp³-hybridized carbons (Fsp3) is 0.316. The molecule has 4 aromatic heterocycles. The van der Waals surface area contributed by atoms with Crippen LogP contribution < -0.4 is 5.73 Å². The highest BCUT2D eigenvalue weighted by Gasteiger charge is 2.28. The second-order valence-electron chi connectivity index (χ2n) is 7.13. The van der Waals surface area contributed by atoms with Crippen molar-refractivity contribution in [1.29, 1.82) is 0 Å². The zero-order valence-corrected chi connectivity index (χ0v) is 15.7. The number of aryl methyl sites for hydroxylation is 1. The van der Waals surface area contributed by atoms with Crippen molar-refractivity contribution in [1.82, 2.24) is 34.5 Å². The lowest BCUT2D eigenvalue weighted by atomic mass is 10.1. The van der Waals surface area contributed by atoms with Crippen molar-refractivity contribution in [2.24, 2.45) is 5.73 Å². The number of imidazole rings is 1. The topological polar surface area (TPSA) is 110 Å². The Hall–Kier alpha value is -3.24. The zero-order chi connectivity index (χ0) is 20.0. The van der Waals surface area contributed by atoms with Gasteiger partial charge in [0.05, 0.1) is 42.9 Å². The molecule has 2 unspecified atom stereocenters. The normalized spacial score (nSPS) is 19.7. The molecule has 1 aliphatic rings. The first-order valence-electron chi connectivity index (χ1n) is 9.31. The molecule has 0 bridgehead atoms. The van der Waals surface area contributed by atoms with Gasteiger partial charge >= 0.3 is 0 Å². The first kappa shape index (κ1) is 17.8. The summed E-state index contributed by atoms with van der Waals surface area (Å²) in [6.07, 6.45) is 5.52. The average molecular weight is 394 g/mol.